The van der Waals surface area contributed by atoms with Crippen LogP contribution < -0.4 is 4.90 Å². The lowest BCUT2D eigenvalue weighted by atomic mass is 10.0. The zero-order valence-electron chi connectivity index (χ0n) is 13.1. The zero-order chi connectivity index (χ0) is 15.9. The predicted octanol–water partition coefficient (Wildman–Crippen LogP) is 1.76. The van der Waals surface area contributed by atoms with E-state index in [4.69, 9.17) is 4.74 Å². The first-order chi connectivity index (χ1) is 10.4. The number of carbonyl (C=O) groups excluding carboxylic acids is 2. The van der Waals surface area contributed by atoms with Crippen LogP contribution in [0.2, 0.25) is 0 Å². The van der Waals surface area contributed by atoms with E-state index < -0.39 is 5.60 Å². The molecule has 1 aromatic carbocycles. The van der Waals surface area contributed by atoms with E-state index in [9.17, 15) is 9.59 Å². The predicted molar refractivity (Wildman–Crippen MR) is 84.6 cm³/mol. The van der Waals surface area contributed by atoms with Crippen LogP contribution in [0.1, 0.15) is 31.9 Å². The number of hydrogen-bond acceptors (Lipinski definition) is 5. The average Bonchev–Trinajstić information content (AvgIpc) is 2.69. The molecule has 0 aliphatic carbocycles. The molecule has 5 nitrogen and oxygen atoms in total. The molecule has 0 radical (unpaired) electrons. The number of ether oxygens (including phenoxy) is 1. The van der Waals surface area contributed by atoms with Crippen LogP contribution in [-0.2, 0) is 20.7 Å². The molecule has 0 spiro atoms. The first kappa shape index (κ1) is 14.8. The summed E-state index contributed by atoms with van der Waals surface area (Å²) in [6.45, 7) is 6.73. The van der Waals surface area contributed by atoms with Crippen molar-refractivity contribution in [2.75, 3.05) is 18.0 Å². The smallest absolute Gasteiger partial charge is 0.329 e. The van der Waals surface area contributed by atoms with E-state index in [1.165, 1.54) is 0 Å². The van der Waals surface area contributed by atoms with Gasteiger partial charge in [0, 0.05) is 18.5 Å². The lowest BCUT2D eigenvalue weighted by Crippen LogP contribution is -2.43. The van der Waals surface area contributed by atoms with Gasteiger partial charge >= 0.3 is 5.97 Å². The van der Waals surface area contributed by atoms with E-state index in [1.807, 2.05) is 43.9 Å². The zero-order valence-corrected chi connectivity index (χ0v) is 13.1. The molecule has 0 saturated heterocycles. The number of aldehydes is 1. The van der Waals surface area contributed by atoms with Gasteiger partial charge in [0.05, 0.1) is 12.2 Å². The number of rotatable bonds is 2. The maximum atomic E-state index is 12.5. The first-order valence-corrected chi connectivity index (χ1v) is 7.52. The van der Waals surface area contributed by atoms with Gasteiger partial charge in [0.1, 0.15) is 17.4 Å². The van der Waals surface area contributed by atoms with Crippen molar-refractivity contribution in [3.8, 4) is 0 Å². The highest BCUT2D eigenvalue weighted by molar-refractivity contribution is 6.38. The Morgan fingerprint density at radius 2 is 2.18 bits per heavy atom. The van der Waals surface area contributed by atoms with Crippen molar-refractivity contribution in [1.82, 2.24) is 0 Å². The van der Waals surface area contributed by atoms with Gasteiger partial charge in [0.15, 0.2) is 6.29 Å². The van der Waals surface area contributed by atoms with E-state index in [2.05, 4.69) is 4.99 Å². The Labute approximate surface area is 130 Å². The number of aliphatic imine (C=N–C) groups is 1. The highest BCUT2D eigenvalue weighted by atomic mass is 16.6. The summed E-state index contributed by atoms with van der Waals surface area (Å²) in [6, 6.07) is 5.47. The van der Waals surface area contributed by atoms with Gasteiger partial charge in [-0.1, -0.05) is 18.2 Å². The maximum Gasteiger partial charge on any atom is 0.329 e. The molecule has 2 aliphatic rings. The van der Waals surface area contributed by atoms with Crippen LogP contribution in [0, 0.1) is 0 Å². The van der Waals surface area contributed by atoms with Crippen molar-refractivity contribution in [3.05, 3.63) is 29.3 Å². The third-order valence-electron chi connectivity index (χ3n) is 3.89. The summed E-state index contributed by atoms with van der Waals surface area (Å²) >= 11 is 0. The van der Waals surface area contributed by atoms with Crippen LogP contribution in [0.25, 0.3) is 0 Å². The number of anilines is 1. The van der Waals surface area contributed by atoms with Gasteiger partial charge in [-0.05, 0) is 26.3 Å². The third kappa shape index (κ3) is 2.51. The quantitative estimate of drug-likeness (QED) is 0.617. The van der Waals surface area contributed by atoms with Gasteiger partial charge in [-0.2, -0.15) is 0 Å². The summed E-state index contributed by atoms with van der Waals surface area (Å²) in [6.07, 6.45) is 1.41. The largest absolute Gasteiger partial charge is 0.458 e. The summed E-state index contributed by atoms with van der Waals surface area (Å²) in [5, 5.41) is 0. The van der Waals surface area contributed by atoms with Crippen LogP contribution in [0.4, 0.5) is 5.69 Å². The van der Waals surface area contributed by atoms with Crippen molar-refractivity contribution >= 4 is 23.7 Å². The SMILES string of the molecule is CC(C)(C)OC(=O)[C@H]1Cc2cccc3c2N1CCN=C3C=O. The maximum absolute atomic E-state index is 12.5. The van der Waals surface area contributed by atoms with Gasteiger partial charge in [-0.25, -0.2) is 4.79 Å². The van der Waals surface area contributed by atoms with E-state index in [0.717, 1.165) is 23.1 Å². The molecular weight excluding hydrogens is 280 g/mol. The van der Waals surface area contributed by atoms with Crippen molar-refractivity contribution in [2.45, 2.75) is 38.8 Å². The van der Waals surface area contributed by atoms with E-state index in [-0.39, 0.29) is 12.0 Å². The lowest BCUT2D eigenvalue weighted by molar-refractivity contribution is -0.156. The van der Waals surface area contributed by atoms with Crippen molar-refractivity contribution in [1.29, 1.82) is 0 Å². The van der Waals surface area contributed by atoms with Gasteiger partial charge in [-0.3, -0.25) is 9.79 Å². The first-order valence-electron chi connectivity index (χ1n) is 7.52. The summed E-state index contributed by atoms with van der Waals surface area (Å²) in [5.41, 5.74) is 2.80. The summed E-state index contributed by atoms with van der Waals surface area (Å²) in [5.74, 6) is -0.218. The molecule has 22 heavy (non-hydrogen) atoms. The molecule has 2 heterocycles. The Kier molecular flexibility index (Phi) is 3.51. The minimum Gasteiger partial charge on any atom is -0.458 e. The van der Waals surface area contributed by atoms with Gasteiger partial charge in [0.25, 0.3) is 0 Å². The number of esters is 1. The number of para-hydroxylation sites is 1. The molecule has 0 N–H and O–H groups in total. The van der Waals surface area contributed by atoms with Crippen LogP contribution in [-0.4, -0.2) is 42.7 Å². The van der Waals surface area contributed by atoms with Gasteiger partial charge in [-0.15, -0.1) is 0 Å². The second-order valence-electron chi connectivity index (χ2n) is 6.64. The lowest BCUT2D eigenvalue weighted by Gasteiger charge is -2.28. The van der Waals surface area contributed by atoms with Crippen LogP contribution in [0.15, 0.2) is 23.2 Å². The molecule has 0 bridgehead atoms. The third-order valence-corrected chi connectivity index (χ3v) is 3.89. The van der Waals surface area contributed by atoms with Gasteiger partial charge < -0.3 is 9.64 Å². The average molecular weight is 300 g/mol. The van der Waals surface area contributed by atoms with E-state index >= 15 is 0 Å². The molecule has 116 valence electrons. The number of hydrogen-bond donors (Lipinski definition) is 0. The molecule has 0 aromatic heterocycles. The minimum atomic E-state index is -0.509. The van der Waals surface area contributed by atoms with E-state index in [1.54, 1.807) is 0 Å². The van der Waals surface area contributed by atoms with Crippen LogP contribution in [0.5, 0.6) is 0 Å². The Bertz CT molecular complexity index is 658. The van der Waals surface area contributed by atoms with Crippen molar-refractivity contribution in [2.24, 2.45) is 4.99 Å². The molecule has 0 unspecified atom stereocenters. The summed E-state index contributed by atoms with van der Waals surface area (Å²) in [4.78, 5) is 30.2. The molecule has 3 rings (SSSR count). The van der Waals surface area contributed by atoms with Crippen molar-refractivity contribution < 1.29 is 14.3 Å². The number of benzene rings is 1. The van der Waals surface area contributed by atoms with Crippen LogP contribution >= 0.6 is 0 Å². The Balaban J connectivity index is 1.98. The number of carbonyl (C=O) groups is 2. The molecular formula is C17H20N2O3. The monoisotopic (exact) mass is 300 g/mol. The minimum absolute atomic E-state index is 0.218. The Morgan fingerprint density at radius 1 is 1.41 bits per heavy atom. The molecule has 5 heteroatoms. The fourth-order valence-corrected chi connectivity index (χ4v) is 3.09. The molecule has 1 atom stereocenters. The molecule has 0 fully saturated rings. The highest BCUT2D eigenvalue weighted by Crippen LogP contribution is 2.37. The fraction of sp³-hybridized carbons (Fsp3) is 0.471. The molecule has 2 aliphatic heterocycles. The topological polar surface area (TPSA) is 59.0 Å². The Morgan fingerprint density at radius 3 is 2.86 bits per heavy atom. The summed E-state index contributed by atoms with van der Waals surface area (Å²) < 4.78 is 5.56. The molecule has 1 aromatic rings. The van der Waals surface area contributed by atoms with Crippen molar-refractivity contribution in [3.63, 3.8) is 0 Å². The molecule has 0 saturated carbocycles. The fourth-order valence-electron chi connectivity index (χ4n) is 3.09. The van der Waals surface area contributed by atoms with Crippen LogP contribution in [0.3, 0.4) is 0 Å². The molecule has 0 amide bonds. The standard InChI is InChI=1S/C17H20N2O3/c1-17(2,3)22-16(21)14-9-11-5-4-6-12-13(10-20)18-7-8-19(14)15(11)12/h4-6,10,14H,7-9H2,1-3H3/t14-/m1/s1. The normalized spacial score (nSPS) is 20.0. The second-order valence-corrected chi connectivity index (χ2v) is 6.64. The Hall–Kier alpha value is -2.17. The number of nitrogens with zero attached hydrogens (tertiary/aromatic N) is 2. The highest BCUT2D eigenvalue weighted by Gasteiger charge is 2.39. The van der Waals surface area contributed by atoms with E-state index in [0.29, 0.717) is 25.2 Å². The van der Waals surface area contributed by atoms with Gasteiger partial charge in [0.2, 0.25) is 0 Å². The summed E-state index contributed by atoms with van der Waals surface area (Å²) in [7, 11) is 0. The second kappa shape index (κ2) is 5.23.